The van der Waals surface area contributed by atoms with Gasteiger partial charge in [-0.15, -0.1) is 0 Å². The highest BCUT2D eigenvalue weighted by molar-refractivity contribution is 5.76. The highest BCUT2D eigenvalue weighted by atomic mass is 16.6. The second-order valence-corrected chi connectivity index (χ2v) is 9.70. The van der Waals surface area contributed by atoms with Gasteiger partial charge in [0.15, 0.2) is 11.5 Å². The first kappa shape index (κ1) is 26.4. The zero-order valence-corrected chi connectivity index (χ0v) is 22.2. The molecule has 9 nitrogen and oxygen atoms in total. The van der Waals surface area contributed by atoms with Crippen LogP contribution in [0.5, 0.6) is 11.5 Å². The Hall–Kier alpha value is -4.24. The van der Waals surface area contributed by atoms with Gasteiger partial charge in [-0.2, -0.15) is 0 Å². The molecule has 0 spiro atoms. The van der Waals surface area contributed by atoms with Gasteiger partial charge in [-0.1, -0.05) is 66.7 Å². The van der Waals surface area contributed by atoms with Crippen LogP contribution in [0.3, 0.4) is 0 Å². The fourth-order valence-corrected chi connectivity index (χ4v) is 5.25. The van der Waals surface area contributed by atoms with Gasteiger partial charge in [0.05, 0.1) is 26.3 Å². The molecular formula is C30H33N3O6. The molecule has 0 aromatic heterocycles. The van der Waals surface area contributed by atoms with Crippen LogP contribution in [0.15, 0.2) is 78.9 Å². The zero-order chi connectivity index (χ0) is 27.2. The number of hydrazine groups is 1. The quantitative estimate of drug-likeness (QED) is 0.411. The largest absolute Gasteiger partial charge is 0.493 e. The third-order valence-electron chi connectivity index (χ3n) is 7.04. The SMILES string of the molecule is COc1ccc(CN2CC3CC(C2)N(C(=O)OCc2ccccc2)N3C(=O)OCc2ccccc2)cc1OC. The van der Waals surface area contributed by atoms with Crippen LogP contribution in [0.2, 0.25) is 0 Å². The zero-order valence-electron chi connectivity index (χ0n) is 22.2. The third-order valence-corrected chi connectivity index (χ3v) is 7.04. The average molecular weight is 532 g/mol. The molecule has 3 aromatic carbocycles. The Morgan fingerprint density at radius 1 is 0.692 bits per heavy atom. The van der Waals surface area contributed by atoms with E-state index < -0.39 is 12.2 Å². The van der Waals surface area contributed by atoms with E-state index in [4.69, 9.17) is 18.9 Å². The number of hydrogen-bond donors (Lipinski definition) is 0. The molecule has 2 aliphatic rings. The summed E-state index contributed by atoms with van der Waals surface area (Å²) in [7, 11) is 3.22. The Bertz CT molecular complexity index is 1200. The van der Waals surface area contributed by atoms with Crippen molar-refractivity contribution in [1.82, 2.24) is 14.9 Å². The Kier molecular flexibility index (Phi) is 8.17. The van der Waals surface area contributed by atoms with Gasteiger partial charge in [0.2, 0.25) is 0 Å². The van der Waals surface area contributed by atoms with E-state index >= 15 is 0 Å². The first-order valence-corrected chi connectivity index (χ1v) is 13.0. The molecule has 204 valence electrons. The monoisotopic (exact) mass is 531 g/mol. The summed E-state index contributed by atoms with van der Waals surface area (Å²) in [6, 6.07) is 24.4. The first-order chi connectivity index (χ1) is 19.1. The molecule has 2 fully saturated rings. The molecule has 3 aromatic rings. The van der Waals surface area contributed by atoms with Gasteiger partial charge in [-0.05, 0) is 35.2 Å². The molecule has 0 radical (unpaired) electrons. The number of fused-ring (bicyclic) bond motifs is 2. The van der Waals surface area contributed by atoms with E-state index in [0.29, 0.717) is 37.6 Å². The summed E-state index contributed by atoms with van der Waals surface area (Å²) in [6.45, 7) is 2.06. The molecule has 0 saturated carbocycles. The van der Waals surface area contributed by atoms with Crippen LogP contribution in [-0.4, -0.2) is 66.5 Å². The summed E-state index contributed by atoms with van der Waals surface area (Å²) in [5, 5.41) is 2.91. The van der Waals surface area contributed by atoms with Crippen molar-refractivity contribution < 1.29 is 28.5 Å². The topological polar surface area (TPSA) is 80.8 Å². The molecule has 0 aliphatic carbocycles. The normalized spacial score (nSPS) is 18.5. The van der Waals surface area contributed by atoms with Gasteiger partial charge in [-0.3, -0.25) is 4.90 Å². The van der Waals surface area contributed by atoms with Crippen molar-refractivity contribution in [3.8, 4) is 11.5 Å². The molecule has 5 rings (SSSR count). The first-order valence-electron chi connectivity index (χ1n) is 13.0. The summed E-state index contributed by atoms with van der Waals surface area (Å²) in [4.78, 5) is 29.0. The molecule has 2 unspecified atom stereocenters. The van der Waals surface area contributed by atoms with Crippen molar-refractivity contribution in [2.24, 2.45) is 0 Å². The number of carbonyl (C=O) groups excluding carboxylic acids is 2. The number of amides is 2. The van der Waals surface area contributed by atoms with Crippen LogP contribution >= 0.6 is 0 Å². The molecule has 2 atom stereocenters. The second kappa shape index (κ2) is 12.1. The summed E-state index contributed by atoms with van der Waals surface area (Å²) >= 11 is 0. The Labute approximate surface area is 228 Å². The maximum atomic E-state index is 13.4. The standard InChI is InChI=1S/C30H33N3O6/c1-36-27-14-13-24(15-28(27)37-2)17-31-18-25-16-26(19-31)33(30(35)39-21-23-11-7-4-8-12-23)32(25)29(34)38-20-22-9-5-3-6-10-22/h3-15,25-26H,16-21H2,1-2H3. The van der Waals surface area contributed by atoms with Crippen LogP contribution in [-0.2, 0) is 29.2 Å². The van der Waals surface area contributed by atoms with E-state index in [0.717, 1.165) is 16.7 Å². The number of hydrogen-bond acceptors (Lipinski definition) is 7. The molecule has 2 amide bonds. The van der Waals surface area contributed by atoms with Crippen molar-refractivity contribution in [3.05, 3.63) is 95.6 Å². The minimum atomic E-state index is -0.559. The van der Waals surface area contributed by atoms with Gasteiger partial charge < -0.3 is 18.9 Å². The Balaban J connectivity index is 1.32. The van der Waals surface area contributed by atoms with Crippen LogP contribution < -0.4 is 9.47 Å². The van der Waals surface area contributed by atoms with Crippen molar-refractivity contribution in [1.29, 1.82) is 0 Å². The lowest BCUT2D eigenvalue weighted by Gasteiger charge is -2.30. The number of methoxy groups -OCH3 is 2. The van der Waals surface area contributed by atoms with E-state index in [2.05, 4.69) is 4.90 Å². The van der Waals surface area contributed by atoms with Gasteiger partial charge in [0.25, 0.3) is 0 Å². The smallest absolute Gasteiger partial charge is 0.429 e. The number of benzene rings is 3. The molecule has 2 aliphatic heterocycles. The summed E-state index contributed by atoms with van der Waals surface area (Å²) in [5.41, 5.74) is 2.80. The van der Waals surface area contributed by atoms with E-state index in [1.54, 1.807) is 14.2 Å². The lowest BCUT2D eigenvalue weighted by atomic mass is 10.0. The summed E-state index contributed by atoms with van der Waals surface area (Å²) in [5.74, 6) is 1.33. The summed E-state index contributed by atoms with van der Waals surface area (Å²) in [6.07, 6.45) is -0.462. The summed E-state index contributed by atoms with van der Waals surface area (Å²) < 4.78 is 22.1. The number of likely N-dealkylation sites (tertiary alicyclic amines) is 1. The van der Waals surface area contributed by atoms with Crippen LogP contribution in [0.4, 0.5) is 9.59 Å². The number of ether oxygens (including phenoxy) is 4. The number of piperidine rings is 1. The molecule has 2 bridgehead atoms. The molecular weight excluding hydrogens is 498 g/mol. The second-order valence-electron chi connectivity index (χ2n) is 9.70. The minimum Gasteiger partial charge on any atom is -0.493 e. The Morgan fingerprint density at radius 2 is 1.21 bits per heavy atom. The van der Waals surface area contributed by atoms with Crippen molar-refractivity contribution >= 4 is 12.2 Å². The molecule has 39 heavy (non-hydrogen) atoms. The fraction of sp³-hybridized carbons (Fsp3) is 0.333. The highest BCUT2D eigenvalue weighted by Crippen LogP contribution is 2.34. The molecule has 2 saturated heterocycles. The van der Waals surface area contributed by atoms with Crippen LogP contribution in [0, 0.1) is 0 Å². The predicted molar refractivity (Wildman–Crippen MR) is 144 cm³/mol. The van der Waals surface area contributed by atoms with Crippen molar-refractivity contribution in [3.63, 3.8) is 0 Å². The fourth-order valence-electron chi connectivity index (χ4n) is 5.25. The predicted octanol–water partition coefficient (Wildman–Crippen LogP) is 4.85. The number of rotatable bonds is 8. The minimum absolute atomic E-state index is 0.121. The van der Waals surface area contributed by atoms with E-state index in [1.807, 2.05) is 78.9 Å². The lowest BCUT2D eigenvalue weighted by Crippen LogP contribution is -2.50. The van der Waals surface area contributed by atoms with Gasteiger partial charge >= 0.3 is 12.2 Å². The van der Waals surface area contributed by atoms with Crippen molar-refractivity contribution in [2.45, 2.75) is 38.3 Å². The maximum Gasteiger partial charge on any atom is 0.429 e. The molecule has 2 heterocycles. The number of carbonyl (C=O) groups is 2. The van der Waals surface area contributed by atoms with Gasteiger partial charge in [0.1, 0.15) is 13.2 Å². The highest BCUT2D eigenvalue weighted by Gasteiger charge is 2.50. The maximum absolute atomic E-state index is 13.4. The number of nitrogens with zero attached hydrogens (tertiary/aromatic N) is 3. The third kappa shape index (κ3) is 6.09. The van der Waals surface area contributed by atoms with E-state index in [-0.39, 0.29) is 25.3 Å². The van der Waals surface area contributed by atoms with Crippen LogP contribution in [0.1, 0.15) is 23.1 Å². The van der Waals surface area contributed by atoms with E-state index in [9.17, 15) is 9.59 Å². The van der Waals surface area contributed by atoms with Crippen molar-refractivity contribution in [2.75, 3.05) is 27.3 Å². The Morgan fingerprint density at radius 3 is 1.69 bits per heavy atom. The average Bonchev–Trinajstić information content (AvgIpc) is 3.25. The van der Waals surface area contributed by atoms with E-state index in [1.165, 1.54) is 10.0 Å². The van der Waals surface area contributed by atoms with Gasteiger partial charge in [-0.25, -0.2) is 19.6 Å². The molecule has 0 N–H and O–H groups in total. The molecule has 9 heteroatoms. The van der Waals surface area contributed by atoms with Gasteiger partial charge in [0, 0.05) is 19.6 Å². The van der Waals surface area contributed by atoms with Crippen LogP contribution in [0.25, 0.3) is 0 Å². The lowest BCUT2D eigenvalue weighted by molar-refractivity contribution is -0.0199.